The number of carbonyl (C=O) groups is 2. The molecule has 1 N–H and O–H groups in total. The normalized spacial score (nSPS) is 11.8. The van der Waals surface area contributed by atoms with Gasteiger partial charge in [0.2, 0.25) is 0 Å². The second-order valence-corrected chi connectivity index (χ2v) is 8.90. The van der Waals surface area contributed by atoms with Crippen molar-refractivity contribution in [1.82, 2.24) is 9.78 Å². The molecule has 1 atom stereocenters. The highest BCUT2D eigenvalue weighted by Crippen LogP contribution is 2.27. The zero-order valence-corrected chi connectivity index (χ0v) is 19.8. The monoisotopic (exact) mass is 459 g/mol. The molecule has 168 valence electrons. The Hall–Kier alpha value is -3.71. The van der Waals surface area contributed by atoms with E-state index in [1.807, 2.05) is 80.7 Å². The van der Waals surface area contributed by atoms with Gasteiger partial charge in [0.05, 0.1) is 10.6 Å². The highest BCUT2D eigenvalue weighted by atomic mass is 32.1. The van der Waals surface area contributed by atoms with Gasteiger partial charge in [0.25, 0.3) is 5.91 Å². The number of hydrogen-bond donors (Lipinski definition) is 1. The number of rotatable bonds is 6. The second-order valence-electron chi connectivity index (χ2n) is 7.95. The third kappa shape index (κ3) is 4.88. The number of carbonyl (C=O) groups excluding carboxylic acids is 2. The molecule has 0 spiro atoms. The number of thiophene rings is 1. The van der Waals surface area contributed by atoms with Gasteiger partial charge < -0.3 is 10.1 Å². The average molecular weight is 460 g/mol. The summed E-state index contributed by atoms with van der Waals surface area (Å²) in [6, 6.07) is 18.9. The van der Waals surface area contributed by atoms with Gasteiger partial charge in [0, 0.05) is 11.8 Å². The number of esters is 1. The van der Waals surface area contributed by atoms with E-state index in [0.717, 1.165) is 32.9 Å². The predicted octanol–water partition coefficient (Wildman–Crippen LogP) is 5.71. The summed E-state index contributed by atoms with van der Waals surface area (Å²) in [6.45, 7) is 7.46. The van der Waals surface area contributed by atoms with E-state index in [2.05, 4.69) is 10.4 Å². The molecule has 0 aliphatic carbocycles. The van der Waals surface area contributed by atoms with E-state index in [1.54, 1.807) is 17.7 Å². The Kier molecular flexibility index (Phi) is 6.42. The van der Waals surface area contributed by atoms with E-state index < -0.39 is 12.1 Å². The summed E-state index contributed by atoms with van der Waals surface area (Å²) in [6.07, 6.45) is -0.984. The van der Waals surface area contributed by atoms with Crippen LogP contribution in [-0.2, 0) is 9.53 Å². The van der Waals surface area contributed by atoms with Gasteiger partial charge in [0.15, 0.2) is 11.8 Å². The van der Waals surface area contributed by atoms with E-state index in [-0.39, 0.29) is 11.6 Å². The van der Waals surface area contributed by atoms with Crippen LogP contribution in [0.1, 0.15) is 34.1 Å². The third-order valence-electron chi connectivity index (χ3n) is 5.27. The Morgan fingerprint density at radius 1 is 1.00 bits per heavy atom. The molecule has 0 aliphatic rings. The molecule has 0 saturated heterocycles. The topological polar surface area (TPSA) is 73.2 Å². The molecular weight excluding hydrogens is 434 g/mol. The molecular formula is C26H25N3O3S. The highest BCUT2D eigenvalue weighted by molar-refractivity contribution is 7.13. The third-order valence-corrected chi connectivity index (χ3v) is 6.16. The average Bonchev–Trinajstić information content (AvgIpc) is 3.46. The van der Waals surface area contributed by atoms with Gasteiger partial charge in [-0.1, -0.05) is 42.0 Å². The predicted molar refractivity (Wildman–Crippen MR) is 131 cm³/mol. The molecule has 1 amide bonds. The minimum atomic E-state index is -0.984. The summed E-state index contributed by atoms with van der Waals surface area (Å²) >= 11 is 1.54. The largest absolute Gasteiger partial charge is 0.448 e. The fourth-order valence-corrected chi connectivity index (χ4v) is 4.40. The number of aromatic nitrogens is 2. The first-order valence-electron chi connectivity index (χ1n) is 10.6. The van der Waals surface area contributed by atoms with Crippen LogP contribution in [0.4, 0.5) is 5.69 Å². The van der Waals surface area contributed by atoms with Crippen molar-refractivity contribution in [3.8, 4) is 16.3 Å². The smallest absolute Gasteiger partial charge is 0.357 e. The molecule has 6 nitrogen and oxygen atoms in total. The Morgan fingerprint density at radius 2 is 1.70 bits per heavy atom. The molecule has 2 aromatic carbocycles. The van der Waals surface area contributed by atoms with Crippen molar-refractivity contribution >= 4 is 28.9 Å². The van der Waals surface area contributed by atoms with Crippen LogP contribution in [0, 0.1) is 20.8 Å². The van der Waals surface area contributed by atoms with Gasteiger partial charge in [-0.3, -0.25) is 4.79 Å². The van der Waals surface area contributed by atoms with Gasteiger partial charge >= 0.3 is 5.97 Å². The van der Waals surface area contributed by atoms with Crippen LogP contribution < -0.4 is 5.32 Å². The van der Waals surface area contributed by atoms with E-state index in [4.69, 9.17) is 4.74 Å². The molecule has 0 fully saturated rings. The number of nitrogens with one attached hydrogen (secondary N) is 1. The van der Waals surface area contributed by atoms with Crippen LogP contribution in [0.25, 0.3) is 16.3 Å². The summed E-state index contributed by atoms with van der Waals surface area (Å²) in [5.74, 6) is -1.00. The van der Waals surface area contributed by atoms with Gasteiger partial charge in [0.1, 0.15) is 5.69 Å². The molecule has 0 bridgehead atoms. The number of amides is 1. The van der Waals surface area contributed by atoms with Crippen molar-refractivity contribution < 1.29 is 14.3 Å². The zero-order chi connectivity index (χ0) is 23.5. The fraction of sp³-hybridized carbons (Fsp3) is 0.192. The molecule has 0 radical (unpaired) electrons. The zero-order valence-electron chi connectivity index (χ0n) is 19.0. The van der Waals surface area contributed by atoms with Gasteiger partial charge in [-0.2, -0.15) is 5.10 Å². The number of nitrogens with zero attached hydrogens (tertiary/aromatic N) is 2. The Balaban J connectivity index is 1.57. The van der Waals surface area contributed by atoms with Crippen LogP contribution >= 0.6 is 11.3 Å². The lowest BCUT2D eigenvalue weighted by atomic mass is 10.0. The summed E-state index contributed by atoms with van der Waals surface area (Å²) in [7, 11) is 0. The Bertz CT molecular complexity index is 1270. The number of ether oxygens (including phenoxy) is 1. The van der Waals surface area contributed by atoms with Gasteiger partial charge in [-0.05, 0) is 62.4 Å². The van der Waals surface area contributed by atoms with E-state index >= 15 is 0 Å². The number of anilines is 1. The summed E-state index contributed by atoms with van der Waals surface area (Å²) < 4.78 is 7.11. The summed E-state index contributed by atoms with van der Waals surface area (Å²) in [4.78, 5) is 26.9. The minimum absolute atomic E-state index is 0.256. The van der Waals surface area contributed by atoms with Crippen molar-refractivity contribution in [3.63, 3.8) is 0 Å². The number of para-hydroxylation sites is 1. The van der Waals surface area contributed by atoms with E-state index in [1.165, 1.54) is 11.3 Å². The molecule has 1 unspecified atom stereocenters. The van der Waals surface area contributed by atoms with Gasteiger partial charge in [-0.15, -0.1) is 11.3 Å². The number of hydrogen-bond acceptors (Lipinski definition) is 5. The highest BCUT2D eigenvalue weighted by Gasteiger charge is 2.24. The molecule has 2 heterocycles. The maximum absolute atomic E-state index is 13.1. The molecule has 0 aliphatic heterocycles. The lowest BCUT2D eigenvalue weighted by Crippen LogP contribution is -2.31. The van der Waals surface area contributed by atoms with Crippen LogP contribution in [-0.4, -0.2) is 27.8 Å². The molecule has 7 heteroatoms. The Labute approximate surface area is 196 Å². The second kappa shape index (κ2) is 9.42. The first kappa shape index (κ1) is 22.5. The SMILES string of the molecule is Cc1cc(C)c(NC(=O)C(C)OC(=O)c2cc(-c3cccs3)nn2-c2ccccc2)c(C)c1. The fourth-order valence-electron chi connectivity index (χ4n) is 3.71. The lowest BCUT2D eigenvalue weighted by molar-refractivity contribution is -0.123. The quantitative estimate of drug-likeness (QED) is 0.375. The van der Waals surface area contributed by atoms with Crippen molar-refractivity contribution in [3.05, 3.63) is 88.4 Å². The Morgan fingerprint density at radius 3 is 2.33 bits per heavy atom. The van der Waals surface area contributed by atoms with Gasteiger partial charge in [-0.25, -0.2) is 9.48 Å². The lowest BCUT2D eigenvalue weighted by Gasteiger charge is -2.17. The van der Waals surface area contributed by atoms with Crippen LogP contribution in [0.2, 0.25) is 0 Å². The van der Waals surface area contributed by atoms with E-state index in [9.17, 15) is 9.59 Å². The maximum atomic E-state index is 13.1. The van der Waals surface area contributed by atoms with Crippen LogP contribution in [0.5, 0.6) is 0 Å². The molecule has 33 heavy (non-hydrogen) atoms. The van der Waals surface area contributed by atoms with Crippen LogP contribution in [0.3, 0.4) is 0 Å². The molecule has 4 rings (SSSR count). The van der Waals surface area contributed by atoms with Crippen molar-refractivity contribution in [2.75, 3.05) is 5.32 Å². The minimum Gasteiger partial charge on any atom is -0.448 e. The maximum Gasteiger partial charge on any atom is 0.357 e. The first-order chi connectivity index (χ1) is 15.8. The molecule has 4 aromatic rings. The number of aryl methyl sites for hydroxylation is 3. The van der Waals surface area contributed by atoms with Crippen molar-refractivity contribution in [2.45, 2.75) is 33.8 Å². The summed E-state index contributed by atoms with van der Waals surface area (Å²) in [5.41, 5.74) is 5.44. The first-order valence-corrected chi connectivity index (χ1v) is 11.5. The molecule has 0 saturated carbocycles. The molecule has 2 aromatic heterocycles. The van der Waals surface area contributed by atoms with Crippen molar-refractivity contribution in [2.24, 2.45) is 0 Å². The number of benzene rings is 2. The summed E-state index contributed by atoms with van der Waals surface area (Å²) in [5, 5.41) is 9.47. The standard InChI is InChI=1S/C26H25N3O3S/c1-16-13-17(2)24(18(3)14-16)27-25(30)19(4)32-26(31)22-15-21(23-11-8-12-33-23)28-29(22)20-9-6-5-7-10-20/h5-15,19H,1-4H3,(H,27,30). The van der Waals surface area contributed by atoms with Crippen molar-refractivity contribution in [1.29, 1.82) is 0 Å². The van der Waals surface area contributed by atoms with Crippen LogP contribution in [0.15, 0.2) is 66.0 Å². The van der Waals surface area contributed by atoms with E-state index in [0.29, 0.717) is 5.69 Å².